The van der Waals surface area contributed by atoms with Crippen molar-refractivity contribution in [3.63, 3.8) is 0 Å². The number of carbonyl (C=O) groups excluding carboxylic acids is 1. The molecule has 0 bridgehead atoms. The lowest BCUT2D eigenvalue weighted by Crippen LogP contribution is -2.30. The summed E-state index contributed by atoms with van der Waals surface area (Å²) >= 11 is 6.22. The normalized spacial score (nSPS) is 12.7. The maximum Gasteiger partial charge on any atom is 0.238 e. The van der Waals surface area contributed by atoms with Gasteiger partial charge in [-0.25, -0.2) is 0 Å². The average molecular weight is 393 g/mol. The third-order valence-electron chi connectivity index (χ3n) is 4.02. The zero-order valence-corrected chi connectivity index (χ0v) is 15.9. The smallest absolute Gasteiger partial charge is 0.238 e. The summed E-state index contributed by atoms with van der Waals surface area (Å²) in [6.45, 7) is 1.61. The van der Waals surface area contributed by atoms with E-state index in [2.05, 4.69) is 5.32 Å². The number of amides is 1. The van der Waals surface area contributed by atoms with Crippen LogP contribution >= 0.6 is 11.6 Å². The maximum atomic E-state index is 12.4. The van der Waals surface area contributed by atoms with Crippen LogP contribution in [0.3, 0.4) is 0 Å². The van der Waals surface area contributed by atoms with Crippen molar-refractivity contribution in [2.24, 2.45) is 0 Å². The molecular formula is C19H21ClN2O5. The van der Waals surface area contributed by atoms with Crippen molar-refractivity contribution < 1.29 is 24.1 Å². The van der Waals surface area contributed by atoms with Crippen LogP contribution in [-0.4, -0.2) is 49.8 Å². The van der Waals surface area contributed by atoms with Crippen molar-refractivity contribution in [3.8, 4) is 23.0 Å². The molecule has 144 valence electrons. The zero-order valence-electron chi connectivity index (χ0n) is 15.1. The Labute approximate surface area is 162 Å². The van der Waals surface area contributed by atoms with Crippen molar-refractivity contribution in [1.29, 1.82) is 0 Å². The number of hydrogen-bond acceptors (Lipinski definition) is 6. The van der Waals surface area contributed by atoms with Crippen molar-refractivity contribution >= 4 is 23.2 Å². The van der Waals surface area contributed by atoms with E-state index in [0.29, 0.717) is 47.7 Å². The molecule has 0 saturated carbocycles. The molecule has 0 saturated heterocycles. The van der Waals surface area contributed by atoms with Gasteiger partial charge in [0.15, 0.2) is 23.0 Å². The van der Waals surface area contributed by atoms with Gasteiger partial charge in [0, 0.05) is 18.7 Å². The molecule has 0 aliphatic carbocycles. The quantitative estimate of drug-likeness (QED) is 0.786. The molecule has 2 aromatic carbocycles. The van der Waals surface area contributed by atoms with Gasteiger partial charge in [0.25, 0.3) is 0 Å². The number of methoxy groups -OCH3 is 1. The van der Waals surface area contributed by atoms with Gasteiger partial charge >= 0.3 is 0 Å². The number of aromatic hydroxyl groups is 1. The Balaban J connectivity index is 1.60. The van der Waals surface area contributed by atoms with Gasteiger partial charge < -0.3 is 24.6 Å². The van der Waals surface area contributed by atoms with E-state index >= 15 is 0 Å². The van der Waals surface area contributed by atoms with E-state index in [4.69, 9.17) is 25.8 Å². The average Bonchev–Trinajstić information content (AvgIpc) is 2.63. The Morgan fingerprint density at radius 1 is 1.26 bits per heavy atom. The SMILES string of the molecule is COc1cc(CN(C)CC(=O)Nc2cc3c(cc2Cl)OCCO3)ccc1O. The van der Waals surface area contributed by atoms with Crippen LogP contribution in [0, 0.1) is 0 Å². The Kier molecular flexibility index (Phi) is 5.93. The summed E-state index contributed by atoms with van der Waals surface area (Å²) in [5.74, 6) is 1.40. The highest BCUT2D eigenvalue weighted by atomic mass is 35.5. The molecule has 2 aromatic rings. The molecular weight excluding hydrogens is 372 g/mol. The highest BCUT2D eigenvalue weighted by molar-refractivity contribution is 6.34. The van der Waals surface area contributed by atoms with Crippen LogP contribution in [0.4, 0.5) is 5.69 Å². The number of phenolic OH excluding ortho intramolecular Hbond substituents is 1. The molecule has 8 heteroatoms. The first-order valence-electron chi connectivity index (χ1n) is 8.39. The minimum atomic E-state index is -0.207. The number of phenols is 1. The van der Waals surface area contributed by atoms with E-state index in [9.17, 15) is 9.90 Å². The molecule has 0 atom stereocenters. The van der Waals surface area contributed by atoms with Gasteiger partial charge in [0.1, 0.15) is 13.2 Å². The van der Waals surface area contributed by atoms with E-state index in [1.54, 1.807) is 30.3 Å². The molecule has 1 heterocycles. The number of halogens is 1. The molecule has 3 rings (SSSR count). The van der Waals surface area contributed by atoms with Crippen LogP contribution in [0.1, 0.15) is 5.56 Å². The predicted molar refractivity (Wildman–Crippen MR) is 102 cm³/mol. The van der Waals surface area contributed by atoms with Gasteiger partial charge in [-0.3, -0.25) is 9.69 Å². The van der Waals surface area contributed by atoms with E-state index in [0.717, 1.165) is 5.56 Å². The second-order valence-corrected chi connectivity index (χ2v) is 6.61. The molecule has 0 aromatic heterocycles. The number of likely N-dealkylation sites (N-methyl/N-ethyl adjacent to an activating group) is 1. The summed E-state index contributed by atoms with van der Waals surface area (Å²) < 4.78 is 16.1. The van der Waals surface area contributed by atoms with Crippen LogP contribution in [-0.2, 0) is 11.3 Å². The molecule has 1 aliphatic heterocycles. The van der Waals surface area contributed by atoms with E-state index in [-0.39, 0.29) is 18.2 Å². The third-order valence-corrected chi connectivity index (χ3v) is 4.33. The molecule has 0 unspecified atom stereocenters. The minimum absolute atomic E-state index is 0.0786. The molecule has 0 fully saturated rings. The number of hydrogen-bond donors (Lipinski definition) is 2. The van der Waals surface area contributed by atoms with Crippen LogP contribution in [0.25, 0.3) is 0 Å². The Bertz CT molecular complexity index is 843. The number of nitrogens with one attached hydrogen (secondary N) is 1. The predicted octanol–water partition coefficient (Wildman–Crippen LogP) is 2.90. The Morgan fingerprint density at radius 2 is 1.96 bits per heavy atom. The summed E-state index contributed by atoms with van der Waals surface area (Å²) in [5, 5.41) is 12.8. The zero-order chi connectivity index (χ0) is 19.4. The second kappa shape index (κ2) is 8.37. The van der Waals surface area contributed by atoms with E-state index in [1.165, 1.54) is 7.11 Å². The Morgan fingerprint density at radius 3 is 2.67 bits per heavy atom. The largest absolute Gasteiger partial charge is 0.504 e. The first-order valence-corrected chi connectivity index (χ1v) is 8.77. The van der Waals surface area contributed by atoms with Gasteiger partial charge in [-0.15, -0.1) is 0 Å². The highest BCUT2D eigenvalue weighted by Gasteiger charge is 2.17. The van der Waals surface area contributed by atoms with Gasteiger partial charge in [0.05, 0.1) is 24.4 Å². The summed E-state index contributed by atoms with van der Waals surface area (Å²) in [5.41, 5.74) is 1.39. The lowest BCUT2D eigenvalue weighted by atomic mass is 10.2. The number of anilines is 1. The molecule has 7 nitrogen and oxygen atoms in total. The first kappa shape index (κ1) is 19.1. The van der Waals surface area contributed by atoms with Crippen molar-refractivity contribution in [2.75, 3.05) is 39.2 Å². The summed E-state index contributed by atoms with van der Waals surface area (Å²) in [6.07, 6.45) is 0. The number of carbonyl (C=O) groups is 1. The molecule has 1 amide bonds. The van der Waals surface area contributed by atoms with Gasteiger partial charge in [-0.1, -0.05) is 17.7 Å². The van der Waals surface area contributed by atoms with Crippen molar-refractivity contribution in [3.05, 3.63) is 40.9 Å². The fraction of sp³-hybridized carbons (Fsp3) is 0.316. The van der Waals surface area contributed by atoms with E-state index < -0.39 is 0 Å². The number of fused-ring (bicyclic) bond motifs is 1. The van der Waals surface area contributed by atoms with Crippen LogP contribution in [0.2, 0.25) is 5.02 Å². The number of benzene rings is 2. The molecule has 0 spiro atoms. The van der Waals surface area contributed by atoms with Gasteiger partial charge in [-0.2, -0.15) is 0 Å². The summed E-state index contributed by atoms with van der Waals surface area (Å²) in [4.78, 5) is 14.2. The molecule has 2 N–H and O–H groups in total. The molecule has 1 aliphatic rings. The fourth-order valence-corrected chi connectivity index (χ4v) is 2.98. The second-order valence-electron chi connectivity index (χ2n) is 6.20. The van der Waals surface area contributed by atoms with Crippen LogP contribution < -0.4 is 19.5 Å². The summed E-state index contributed by atoms with van der Waals surface area (Å²) in [7, 11) is 3.32. The van der Waals surface area contributed by atoms with Crippen molar-refractivity contribution in [2.45, 2.75) is 6.54 Å². The lowest BCUT2D eigenvalue weighted by molar-refractivity contribution is -0.117. The number of rotatable bonds is 6. The monoisotopic (exact) mass is 392 g/mol. The number of ether oxygens (including phenoxy) is 3. The minimum Gasteiger partial charge on any atom is -0.504 e. The standard InChI is InChI=1S/C19H21ClN2O5/c1-22(10-12-3-4-15(23)16(7-12)25-2)11-19(24)21-14-9-18-17(8-13(14)20)26-5-6-27-18/h3-4,7-9,23H,5-6,10-11H2,1-2H3,(H,21,24). The number of nitrogens with zero attached hydrogens (tertiary/aromatic N) is 1. The highest BCUT2D eigenvalue weighted by Crippen LogP contribution is 2.37. The fourth-order valence-electron chi connectivity index (χ4n) is 2.78. The Hall–Kier alpha value is -2.64. The van der Waals surface area contributed by atoms with E-state index in [1.807, 2.05) is 11.9 Å². The van der Waals surface area contributed by atoms with Crippen molar-refractivity contribution in [1.82, 2.24) is 4.90 Å². The topological polar surface area (TPSA) is 80.3 Å². The first-order chi connectivity index (χ1) is 13.0. The molecule has 27 heavy (non-hydrogen) atoms. The third kappa shape index (κ3) is 4.75. The lowest BCUT2D eigenvalue weighted by Gasteiger charge is -2.21. The van der Waals surface area contributed by atoms with Crippen LogP contribution in [0.5, 0.6) is 23.0 Å². The van der Waals surface area contributed by atoms with Crippen LogP contribution in [0.15, 0.2) is 30.3 Å². The van der Waals surface area contributed by atoms with Gasteiger partial charge in [-0.05, 0) is 24.7 Å². The van der Waals surface area contributed by atoms with Gasteiger partial charge in [0.2, 0.25) is 5.91 Å². The maximum absolute atomic E-state index is 12.4. The summed E-state index contributed by atoms with van der Waals surface area (Å²) in [6, 6.07) is 8.39. The molecule has 0 radical (unpaired) electrons.